The summed E-state index contributed by atoms with van der Waals surface area (Å²) >= 11 is 1.84. The summed E-state index contributed by atoms with van der Waals surface area (Å²) < 4.78 is 9.96. The molecule has 1 N–H and O–H groups in total. The number of carbonyl (C=O) groups excluding carboxylic acids is 1. The minimum atomic E-state index is -0.0145. The Bertz CT molecular complexity index is 1330. The summed E-state index contributed by atoms with van der Waals surface area (Å²) in [5, 5.41) is 14.7. The highest BCUT2D eigenvalue weighted by Crippen LogP contribution is 2.37. The lowest BCUT2D eigenvalue weighted by Gasteiger charge is -2.28. The second kappa shape index (κ2) is 10.5. The molecule has 4 heterocycles. The number of ether oxygens (including phenoxy) is 1. The van der Waals surface area contributed by atoms with Crippen molar-refractivity contribution >= 4 is 48.7 Å². The SMILES string of the molecule is C=C(N/N=C(\C)c1cc(C)nn1CC)c1cc(C(=O)I)cc2c1cnn2CCC1CC2CCC(C1)O2. The molecule has 2 aliphatic heterocycles. The van der Waals surface area contributed by atoms with Crippen molar-refractivity contribution in [2.75, 3.05) is 0 Å². The zero-order valence-electron chi connectivity index (χ0n) is 21.1. The predicted octanol–water partition coefficient (Wildman–Crippen LogP) is 5.47. The average Bonchev–Trinajstić information content (AvgIpc) is 3.56. The molecule has 36 heavy (non-hydrogen) atoms. The van der Waals surface area contributed by atoms with Crippen molar-refractivity contribution in [3.05, 3.63) is 53.5 Å². The molecule has 2 aromatic heterocycles. The first kappa shape index (κ1) is 25.1. The molecule has 3 aromatic rings. The first-order valence-electron chi connectivity index (χ1n) is 12.7. The molecule has 2 bridgehead atoms. The van der Waals surface area contributed by atoms with Gasteiger partial charge in [0.15, 0.2) is 0 Å². The van der Waals surface area contributed by atoms with Gasteiger partial charge in [0.25, 0.3) is 0 Å². The molecular weight excluding hydrogens is 567 g/mol. The van der Waals surface area contributed by atoms with Gasteiger partial charge in [-0.05, 0) is 77.0 Å². The smallest absolute Gasteiger partial charge is 0.222 e. The fourth-order valence-corrected chi connectivity index (χ4v) is 5.88. The van der Waals surface area contributed by atoms with E-state index in [4.69, 9.17) is 9.84 Å². The molecule has 2 saturated heterocycles. The summed E-state index contributed by atoms with van der Waals surface area (Å²) in [5.41, 5.74) is 8.89. The van der Waals surface area contributed by atoms with Crippen LogP contribution in [0.15, 0.2) is 36.1 Å². The summed E-state index contributed by atoms with van der Waals surface area (Å²) in [6.07, 6.45) is 8.52. The molecule has 2 fully saturated rings. The largest absolute Gasteiger partial charge is 0.375 e. The van der Waals surface area contributed by atoms with E-state index in [1.807, 2.05) is 70.2 Å². The molecular formula is C27H33IN6O2. The van der Waals surface area contributed by atoms with Gasteiger partial charge in [-0.1, -0.05) is 6.58 Å². The Morgan fingerprint density at radius 2 is 2.00 bits per heavy atom. The van der Waals surface area contributed by atoms with Gasteiger partial charge in [0.05, 0.1) is 46.7 Å². The van der Waals surface area contributed by atoms with Gasteiger partial charge in [-0.15, -0.1) is 0 Å². The molecule has 2 aliphatic rings. The van der Waals surface area contributed by atoms with E-state index in [0.717, 1.165) is 65.9 Å². The average molecular weight is 601 g/mol. The number of fused-ring (bicyclic) bond motifs is 3. The Kier molecular flexibility index (Phi) is 7.30. The van der Waals surface area contributed by atoms with Crippen molar-refractivity contribution in [3.8, 4) is 0 Å². The Balaban J connectivity index is 1.38. The van der Waals surface area contributed by atoms with Crippen LogP contribution in [0.25, 0.3) is 16.6 Å². The highest BCUT2D eigenvalue weighted by molar-refractivity contribution is 14.1. The van der Waals surface area contributed by atoms with Gasteiger partial charge in [-0.2, -0.15) is 15.3 Å². The molecule has 1 aromatic carbocycles. The number of halogens is 1. The third kappa shape index (κ3) is 5.13. The Morgan fingerprint density at radius 3 is 2.69 bits per heavy atom. The maximum Gasteiger partial charge on any atom is 0.222 e. The van der Waals surface area contributed by atoms with Gasteiger partial charge in [0.1, 0.15) is 0 Å². The Morgan fingerprint density at radius 1 is 1.25 bits per heavy atom. The molecule has 0 saturated carbocycles. The molecule has 0 radical (unpaired) electrons. The van der Waals surface area contributed by atoms with Crippen molar-refractivity contribution in [2.24, 2.45) is 11.0 Å². The number of aryl methyl sites for hydroxylation is 3. The summed E-state index contributed by atoms with van der Waals surface area (Å²) in [6, 6.07) is 5.84. The lowest BCUT2D eigenvalue weighted by atomic mass is 9.92. The summed E-state index contributed by atoms with van der Waals surface area (Å²) in [6.45, 7) is 11.8. The van der Waals surface area contributed by atoms with Crippen molar-refractivity contribution in [2.45, 2.75) is 78.2 Å². The van der Waals surface area contributed by atoms with Crippen LogP contribution >= 0.6 is 22.6 Å². The lowest BCUT2D eigenvalue weighted by Crippen LogP contribution is -2.25. The highest BCUT2D eigenvalue weighted by Gasteiger charge is 2.34. The number of benzene rings is 1. The molecule has 0 aliphatic carbocycles. The first-order valence-corrected chi connectivity index (χ1v) is 13.8. The number of rotatable bonds is 9. The maximum atomic E-state index is 12.4. The van der Waals surface area contributed by atoms with E-state index in [1.54, 1.807) is 0 Å². The van der Waals surface area contributed by atoms with Gasteiger partial charge in [-0.3, -0.25) is 19.6 Å². The normalized spacial score (nSPS) is 21.8. The standard InChI is InChI=1S/C27H33IN6O2/c1-5-33-25(10-16(2)32-33)18(4)31-30-17(3)23-13-20(27(28)35)14-26-24(23)15-29-34(26)9-8-19-11-21-6-7-22(12-19)36-21/h10,13-15,19,21-22,30H,3,5-9,11-12H2,1-2,4H3/b31-18+. The molecule has 9 heteroatoms. The van der Waals surface area contributed by atoms with E-state index in [1.165, 1.54) is 12.8 Å². The Labute approximate surface area is 225 Å². The van der Waals surface area contributed by atoms with E-state index in [2.05, 4.69) is 29.1 Å². The van der Waals surface area contributed by atoms with E-state index in [9.17, 15) is 4.79 Å². The van der Waals surface area contributed by atoms with E-state index < -0.39 is 0 Å². The van der Waals surface area contributed by atoms with Crippen LogP contribution < -0.4 is 5.43 Å². The molecule has 5 rings (SSSR count). The quantitative estimate of drug-likeness (QED) is 0.153. The summed E-state index contributed by atoms with van der Waals surface area (Å²) in [5.74, 6) is 0.665. The molecule has 0 spiro atoms. The highest BCUT2D eigenvalue weighted by atomic mass is 127. The van der Waals surface area contributed by atoms with E-state index >= 15 is 0 Å². The van der Waals surface area contributed by atoms with Gasteiger partial charge in [0.2, 0.25) is 3.79 Å². The van der Waals surface area contributed by atoms with Crippen LogP contribution in [-0.2, 0) is 17.8 Å². The van der Waals surface area contributed by atoms with Gasteiger partial charge in [-0.25, -0.2) is 0 Å². The first-order chi connectivity index (χ1) is 17.3. The number of aromatic nitrogens is 4. The molecule has 0 amide bonds. The van der Waals surface area contributed by atoms with Crippen molar-refractivity contribution in [3.63, 3.8) is 0 Å². The van der Waals surface area contributed by atoms with Gasteiger partial charge in [0, 0.05) is 52.2 Å². The zero-order valence-corrected chi connectivity index (χ0v) is 23.3. The molecule has 8 nitrogen and oxygen atoms in total. The van der Waals surface area contributed by atoms with E-state index in [-0.39, 0.29) is 3.79 Å². The third-order valence-electron chi connectivity index (χ3n) is 7.38. The Hall–Kier alpha value is -2.53. The second-order valence-electron chi connectivity index (χ2n) is 9.96. The van der Waals surface area contributed by atoms with Gasteiger partial charge >= 0.3 is 0 Å². The molecule has 190 valence electrons. The molecule has 2 atom stereocenters. The number of hydrogen-bond acceptors (Lipinski definition) is 6. The number of nitrogens with zero attached hydrogens (tertiary/aromatic N) is 5. The minimum Gasteiger partial charge on any atom is -0.375 e. The fourth-order valence-electron chi connectivity index (χ4n) is 5.57. The summed E-state index contributed by atoms with van der Waals surface area (Å²) in [7, 11) is 0. The predicted molar refractivity (Wildman–Crippen MR) is 150 cm³/mol. The van der Waals surface area contributed by atoms with Crippen LogP contribution in [0.4, 0.5) is 0 Å². The lowest BCUT2D eigenvalue weighted by molar-refractivity contribution is -0.0216. The topological polar surface area (TPSA) is 86.3 Å². The van der Waals surface area contributed by atoms with Crippen LogP contribution in [0, 0.1) is 12.8 Å². The van der Waals surface area contributed by atoms with E-state index in [0.29, 0.717) is 29.4 Å². The second-order valence-corrected chi connectivity index (χ2v) is 10.9. The minimum absolute atomic E-state index is 0.0145. The van der Waals surface area contributed by atoms with Crippen LogP contribution in [0.2, 0.25) is 0 Å². The monoisotopic (exact) mass is 600 g/mol. The third-order valence-corrected chi connectivity index (χ3v) is 8.01. The maximum absolute atomic E-state index is 12.4. The number of hydrazone groups is 1. The fraction of sp³-hybridized carbons (Fsp3) is 0.481. The number of carbonyl (C=O) groups is 1. The number of hydrogen-bond donors (Lipinski definition) is 1. The van der Waals surface area contributed by atoms with Crippen molar-refractivity contribution in [1.82, 2.24) is 25.0 Å². The van der Waals surface area contributed by atoms with Crippen LogP contribution in [-0.4, -0.2) is 41.3 Å². The summed E-state index contributed by atoms with van der Waals surface area (Å²) in [4.78, 5) is 12.4. The van der Waals surface area contributed by atoms with Crippen LogP contribution in [0.1, 0.15) is 73.3 Å². The molecule has 2 unspecified atom stereocenters. The van der Waals surface area contributed by atoms with Gasteiger partial charge < -0.3 is 4.74 Å². The van der Waals surface area contributed by atoms with Crippen molar-refractivity contribution in [1.29, 1.82) is 0 Å². The number of nitrogens with one attached hydrogen (secondary N) is 1. The zero-order chi connectivity index (χ0) is 25.4. The van der Waals surface area contributed by atoms with Crippen LogP contribution in [0.3, 0.4) is 0 Å². The van der Waals surface area contributed by atoms with Crippen LogP contribution in [0.5, 0.6) is 0 Å². The van der Waals surface area contributed by atoms with Crippen molar-refractivity contribution < 1.29 is 9.53 Å².